The topological polar surface area (TPSA) is 68.0 Å². The van der Waals surface area contributed by atoms with Crippen molar-refractivity contribution in [2.75, 3.05) is 0 Å². The monoisotopic (exact) mass is 423 g/mol. The lowest BCUT2D eigenvalue weighted by Crippen LogP contribution is -2.04. The van der Waals surface area contributed by atoms with Gasteiger partial charge in [0, 0.05) is 33.6 Å². The Kier molecular flexibility index (Phi) is 5.09. The summed E-state index contributed by atoms with van der Waals surface area (Å²) < 4.78 is 1.80. The number of imidazole rings is 1. The van der Waals surface area contributed by atoms with E-state index in [1.807, 2.05) is 19.1 Å². The molecule has 0 saturated heterocycles. The summed E-state index contributed by atoms with van der Waals surface area (Å²) in [5, 5.41) is 10.9. The van der Waals surface area contributed by atoms with E-state index in [9.17, 15) is 9.90 Å². The number of carbonyl (C=O) groups is 1. The number of aromatic nitrogens is 3. The molecule has 0 fully saturated rings. The average molecular weight is 424 g/mol. The van der Waals surface area contributed by atoms with Gasteiger partial charge in [-0.2, -0.15) is 0 Å². The van der Waals surface area contributed by atoms with Gasteiger partial charge in [-0.3, -0.25) is 9.55 Å². The average Bonchev–Trinajstić information content (AvgIpc) is 3.11. The van der Waals surface area contributed by atoms with Crippen LogP contribution in [-0.4, -0.2) is 25.6 Å². The predicted molar refractivity (Wildman–Crippen MR) is 114 cm³/mol. The highest BCUT2D eigenvalue weighted by Gasteiger charge is 2.26. The smallest absolute Gasteiger partial charge is 0.356 e. The number of rotatable bonds is 4. The summed E-state index contributed by atoms with van der Waals surface area (Å²) in [5.41, 5.74) is 3.30. The third-order valence-electron chi connectivity index (χ3n) is 4.51. The fraction of sp³-hybridized carbons (Fsp3) is 0.0455. The number of pyridine rings is 1. The summed E-state index contributed by atoms with van der Waals surface area (Å²) >= 11 is 12.5. The number of carboxylic acid groups (broad SMARTS) is 1. The van der Waals surface area contributed by atoms with Crippen molar-refractivity contribution in [1.82, 2.24) is 14.5 Å². The minimum Gasteiger partial charge on any atom is -0.476 e. The zero-order chi connectivity index (χ0) is 20.5. The Balaban J connectivity index is 2.15. The number of aryl methyl sites for hydroxylation is 1. The van der Waals surface area contributed by atoms with Crippen LogP contribution in [0, 0.1) is 6.92 Å². The van der Waals surface area contributed by atoms with Gasteiger partial charge < -0.3 is 5.11 Å². The van der Waals surface area contributed by atoms with Crippen LogP contribution in [0.15, 0.2) is 67.0 Å². The molecule has 0 saturated carbocycles. The molecule has 29 heavy (non-hydrogen) atoms. The normalized spacial score (nSPS) is 10.9. The highest BCUT2D eigenvalue weighted by molar-refractivity contribution is 6.31. The lowest BCUT2D eigenvalue weighted by atomic mass is 10.1. The van der Waals surface area contributed by atoms with Crippen molar-refractivity contribution in [2.45, 2.75) is 6.92 Å². The molecule has 0 aliphatic rings. The summed E-state index contributed by atoms with van der Waals surface area (Å²) in [4.78, 5) is 20.7. The van der Waals surface area contributed by atoms with Gasteiger partial charge in [-0.25, -0.2) is 9.78 Å². The second kappa shape index (κ2) is 7.70. The van der Waals surface area contributed by atoms with E-state index in [2.05, 4.69) is 9.97 Å². The van der Waals surface area contributed by atoms with Gasteiger partial charge in [0.25, 0.3) is 0 Å². The molecule has 7 heteroatoms. The van der Waals surface area contributed by atoms with Crippen molar-refractivity contribution >= 4 is 29.2 Å². The Morgan fingerprint density at radius 1 is 1.00 bits per heavy atom. The number of hydrogen-bond acceptors (Lipinski definition) is 3. The van der Waals surface area contributed by atoms with Crippen molar-refractivity contribution in [3.63, 3.8) is 0 Å². The Labute approximate surface area is 177 Å². The van der Waals surface area contributed by atoms with Gasteiger partial charge in [0.15, 0.2) is 5.69 Å². The molecular weight excluding hydrogens is 409 g/mol. The first-order valence-corrected chi connectivity index (χ1v) is 9.50. The zero-order valence-corrected chi connectivity index (χ0v) is 16.8. The fourth-order valence-corrected chi connectivity index (χ4v) is 3.57. The van der Waals surface area contributed by atoms with Crippen molar-refractivity contribution in [2.24, 2.45) is 0 Å². The molecule has 144 valence electrons. The molecule has 5 nitrogen and oxygen atoms in total. The molecule has 2 heterocycles. The molecule has 2 aromatic carbocycles. The van der Waals surface area contributed by atoms with Crippen LogP contribution in [0.1, 0.15) is 16.1 Å². The summed E-state index contributed by atoms with van der Waals surface area (Å²) in [6.07, 6.45) is 3.30. The van der Waals surface area contributed by atoms with Gasteiger partial charge in [0.1, 0.15) is 5.82 Å². The molecule has 0 radical (unpaired) electrons. The quantitative estimate of drug-likeness (QED) is 0.442. The molecule has 0 spiro atoms. The van der Waals surface area contributed by atoms with Crippen molar-refractivity contribution in [1.29, 1.82) is 0 Å². The van der Waals surface area contributed by atoms with Gasteiger partial charge >= 0.3 is 5.97 Å². The molecule has 4 aromatic rings. The van der Waals surface area contributed by atoms with E-state index in [4.69, 9.17) is 23.2 Å². The third kappa shape index (κ3) is 3.62. The second-order valence-electron chi connectivity index (χ2n) is 6.46. The van der Waals surface area contributed by atoms with Crippen molar-refractivity contribution < 1.29 is 9.90 Å². The van der Waals surface area contributed by atoms with Crippen molar-refractivity contribution in [3.8, 4) is 28.3 Å². The van der Waals surface area contributed by atoms with E-state index in [1.165, 1.54) is 0 Å². The summed E-state index contributed by atoms with van der Waals surface area (Å²) in [5.74, 6) is -0.681. The highest BCUT2D eigenvalue weighted by Crippen LogP contribution is 2.36. The van der Waals surface area contributed by atoms with Gasteiger partial charge in [-0.05, 0) is 48.9 Å². The molecule has 2 aromatic heterocycles. The maximum atomic E-state index is 12.1. The van der Waals surface area contributed by atoms with Crippen LogP contribution >= 0.6 is 23.2 Å². The zero-order valence-electron chi connectivity index (χ0n) is 15.3. The third-order valence-corrected chi connectivity index (χ3v) is 4.98. The number of carboxylic acids is 1. The van der Waals surface area contributed by atoms with Gasteiger partial charge in [-0.1, -0.05) is 41.4 Å². The standard InChI is InChI=1S/C22H15Cl2N3O2/c1-13-7-8-17(24)11-18(13)27-20(14-4-2-6-16(23)10-14)19(22(28)29)26-21(27)15-5-3-9-25-12-15/h2-12H,1H3,(H,28,29). The van der Waals surface area contributed by atoms with Crippen LogP contribution in [-0.2, 0) is 0 Å². The Morgan fingerprint density at radius 2 is 1.76 bits per heavy atom. The highest BCUT2D eigenvalue weighted by atomic mass is 35.5. The first-order valence-electron chi connectivity index (χ1n) is 8.74. The minimum absolute atomic E-state index is 0.0782. The lowest BCUT2D eigenvalue weighted by molar-refractivity contribution is 0.0692. The fourth-order valence-electron chi connectivity index (χ4n) is 3.22. The maximum Gasteiger partial charge on any atom is 0.356 e. The molecule has 0 atom stereocenters. The lowest BCUT2D eigenvalue weighted by Gasteiger charge is -2.16. The maximum absolute atomic E-state index is 12.1. The van der Waals surface area contributed by atoms with Gasteiger partial charge in [0.05, 0.1) is 11.4 Å². The van der Waals surface area contributed by atoms with Gasteiger partial charge in [-0.15, -0.1) is 0 Å². The second-order valence-corrected chi connectivity index (χ2v) is 7.33. The first kappa shape index (κ1) is 19.2. The molecule has 4 rings (SSSR count). The van der Waals surface area contributed by atoms with E-state index in [1.54, 1.807) is 59.4 Å². The van der Waals surface area contributed by atoms with E-state index in [-0.39, 0.29) is 5.69 Å². The molecular formula is C22H15Cl2N3O2. The van der Waals surface area contributed by atoms with Crippen LogP contribution in [0.25, 0.3) is 28.3 Å². The summed E-state index contributed by atoms with van der Waals surface area (Å²) in [7, 11) is 0. The van der Waals surface area contributed by atoms with Crippen LogP contribution in [0.3, 0.4) is 0 Å². The first-order chi connectivity index (χ1) is 14.0. The Hall–Kier alpha value is -3.15. The molecule has 0 bridgehead atoms. The summed E-state index contributed by atoms with van der Waals surface area (Å²) in [6.45, 7) is 1.93. The number of benzene rings is 2. The SMILES string of the molecule is Cc1ccc(Cl)cc1-n1c(-c2cccnc2)nc(C(=O)O)c1-c1cccc(Cl)c1. The number of halogens is 2. The minimum atomic E-state index is -1.14. The molecule has 0 unspecified atom stereocenters. The Bertz CT molecular complexity index is 1220. The van der Waals surface area contributed by atoms with Crippen LogP contribution in [0.4, 0.5) is 0 Å². The number of nitrogens with zero attached hydrogens (tertiary/aromatic N) is 3. The van der Waals surface area contributed by atoms with Crippen LogP contribution in [0.5, 0.6) is 0 Å². The van der Waals surface area contributed by atoms with Crippen LogP contribution < -0.4 is 0 Å². The number of aromatic carboxylic acids is 1. The Morgan fingerprint density at radius 3 is 2.45 bits per heavy atom. The van der Waals surface area contributed by atoms with E-state index >= 15 is 0 Å². The summed E-state index contributed by atoms with van der Waals surface area (Å²) in [6, 6.07) is 16.1. The van der Waals surface area contributed by atoms with Gasteiger partial charge in [0.2, 0.25) is 0 Å². The van der Waals surface area contributed by atoms with Crippen molar-refractivity contribution in [3.05, 3.63) is 88.3 Å². The van der Waals surface area contributed by atoms with E-state index < -0.39 is 5.97 Å². The number of hydrogen-bond donors (Lipinski definition) is 1. The molecule has 0 aliphatic heterocycles. The van der Waals surface area contributed by atoms with Crippen LogP contribution in [0.2, 0.25) is 10.0 Å². The van der Waals surface area contributed by atoms with E-state index in [0.717, 1.165) is 11.3 Å². The largest absolute Gasteiger partial charge is 0.476 e. The predicted octanol–water partition coefficient (Wildman–Crippen LogP) is 5.91. The van der Waals surface area contributed by atoms with E-state index in [0.29, 0.717) is 32.7 Å². The molecule has 1 N–H and O–H groups in total. The molecule has 0 amide bonds. The molecule has 0 aliphatic carbocycles.